The molecular formula is C14H20N4O2S2. The van der Waals surface area contributed by atoms with Gasteiger partial charge in [0.1, 0.15) is 12.7 Å². The van der Waals surface area contributed by atoms with Crippen molar-refractivity contribution in [3.05, 3.63) is 28.5 Å². The zero-order valence-corrected chi connectivity index (χ0v) is 14.4. The number of hydrogen-bond donors (Lipinski definition) is 0. The molecule has 1 fully saturated rings. The van der Waals surface area contributed by atoms with Crippen LogP contribution in [0.25, 0.3) is 0 Å². The van der Waals surface area contributed by atoms with Crippen molar-refractivity contribution in [2.24, 2.45) is 5.92 Å². The first-order valence-corrected chi connectivity index (χ1v) is 9.62. The Hall–Kier alpha value is -1.25. The quantitative estimate of drug-likeness (QED) is 0.854. The SMILES string of the molecule is Cc1cc(S(=O)(=O)N2CCC[C@@H](Cn3cncn3)C2)c(C)s1. The molecule has 22 heavy (non-hydrogen) atoms. The molecule has 1 aliphatic heterocycles. The zero-order chi connectivity index (χ0) is 15.7. The molecular weight excluding hydrogens is 320 g/mol. The van der Waals surface area contributed by atoms with Crippen LogP contribution in [0.4, 0.5) is 0 Å². The van der Waals surface area contributed by atoms with Crippen molar-refractivity contribution < 1.29 is 8.42 Å². The average molecular weight is 340 g/mol. The highest BCUT2D eigenvalue weighted by molar-refractivity contribution is 7.89. The summed E-state index contributed by atoms with van der Waals surface area (Å²) in [7, 11) is -3.39. The van der Waals surface area contributed by atoms with Gasteiger partial charge in [0, 0.05) is 29.4 Å². The molecule has 0 amide bonds. The Labute approximate surface area is 134 Å². The summed E-state index contributed by atoms with van der Waals surface area (Å²) in [5, 5.41) is 4.11. The van der Waals surface area contributed by atoms with Crippen molar-refractivity contribution in [2.45, 2.75) is 38.1 Å². The second kappa shape index (κ2) is 6.10. The molecule has 3 heterocycles. The number of aryl methyl sites for hydroxylation is 2. The Morgan fingerprint density at radius 1 is 1.41 bits per heavy atom. The fourth-order valence-electron chi connectivity index (χ4n) is 2.99. The van der Waals surface area contributed by atoms with Crippen LogP contribution in [-0.4, -0.2) is 40.6 Å². The molecule has 0 aliphatic carbocycles. The van der Waals surface area contributed by atoms with Crippen molar-refractivity contribution >= 4 is 21.4 Å². The van der Waals surface area contributed by atoms with E-state index in [2.05, 4.69) is 10.1 Å². The molecule has 6 nitrogen and oxygen atoms in total. The van der Waals surface area contributed by atoms with E-state index in [-0.39, 0.29) is 5.92 Å². The summed E-state index contributed by atoms with van der Waals surface area (Å²) in [5.74, 6) is 0.283. The first-order chi connectivity index (χ1) is 10.5. The van der Waals surface area contributed by atoms with Gasteiger partial charge in [0.25, 0.3) is 0 Å². The summed E-state index contributed by atoms with van der Waals surface area (Å²) in [6, 6.07) is 1.79. The Morgan fingerprint density at radius 2 is 2.23 bits per heavy atom. The molecule has 2 aromatic heterocycles. The predicted octanol–water partition coefficient (Wildman–Crippen LogP) is 2.06. The molecule has 8 heteroatoms. The van der Waals surface area contributed by atoms with Crippen LogP contribution < -0.4 is 0 Å². The summed E-state index contributed by atoms with van der Waals surface area (Å²) < 4.78 is 29.1. The molecule has 0 unspecified atom stereocenters. The van der Waals surface area contributed by atoms with E-state index in [1.54, 1.807) is 21.4 Å². The van der Waals surface area contributed by atoms with Crippen LogP contribution in [0, 0.1) is 19.8 Å². The molecule has 1 saturated heterocycles. The van der Waals surface area contributed by atoms with E-state index < -0.39 is 10.0 Å². The largest absolute Gasteiger partial charge is 0.253 e. The first kappa shape index (κ1) is 15.6. The van der Waals surface area contributed by atoms with E-state index in [0.29, 0.717) is 24.5 Å². The van der Waals surface area contributed by atoms with Crippen LogP contribution in [0.3, 0.4) is 0 Å². The maximum Gasteiger partial charge on any atom is 0.244 e. The highest BCUT2D eigenvalue weighted by atomic mass is 32.2. The minimum Gasteiger partial charge on any atom is -0.253 e. The summed E-state index contributed by atoms with van der Waals surface area (Å²) in [4.78, 5) is 6.31. The van der Waals surface area contributed by atoms with Crippen molar-refractivity contribution in [1.29, 1.82) is 0 Å². The van der Waals surface area contributed by atoms with E-state index in [1.807, 2.05) is 13.8 Å². The molecule has 0 saturated carbocycles. The number of rotatable bonds is 4. The summed E-state index contributed by atoms with van der Waals surface area (Å²) in [6.45, 7) is 5.69. The monoisotopic (exact) mass is 340 g/mol. The van der Waals surface area contributed by atoms with Gasteiger partial charge in [-0.3, -0.25) is 4.68 Å². The second-order valence-corrected chi connectivity index (χ2v) is 9.13. The third kappa shape index (κ3) is 3.09. The lowest BCUT2D eigenvalue weighted by Crippen LogP contribution is -2.41. The third-order valence-electron chi connectivity index (χ3n) is 4.01. The lowest BCUT2D eigenvalue weighted by atomic mass is 10.00. The fraction of sp³-hybridized carbons (Fsp3) is 0.571. The van der Waals surface area contributed by atoms with Gasteiger partial charge in [0.05, 0.1) is 4.90 Å². The van der Waals surface area contributed by atoms with Crippen molar-refractivity contribution in [3.8, 4) is 0 Å². The van der Waals surface area contributed by atoms with Crippen molar-refractivity contribution in [3.63, 3.8) is 0 Å². The molecule has 0 bridgehead atoms. The zero-order valence-electron chi connectivity index (χ0n) is 12.8. The smallest absolute Gasteiger partial charge is 0.244 e. The minimum absolute atomic E-state index is 0.283. The van der Waals surface area contributed by atoms with Crippen molar-refractivity contribution in [2.75, 3.05) is 13.1 Å². The van der Waals surface area contributed by atoms with Crippen LogP contribution >= 0.6 is 11.3 Å². The number of aromatic nitrogens is 3. The molecule has 1 aliphatic rings. The van der Waals surface area contributed by atoms with Gasteiger partial charge in [-0.2, -0.15) is 9.40 Å². The van der Waals surface area contributed by atoms with Gasteiger partial charge >= 0.3 is 0 Å². The summed E-state index contributed by atoms with van der Waals surface area (Å²) >= 11 is 1.54. The Balaban J connectivity index is 1.77. The lowest BCUT2D eigenvalue weighted by Gasteiger charge is -2.31. The number of thiophene rings is 1. The van der Waals surface area contributed by atoms with Gasteiger partial charge in [0.2, 0.25) is 10.0 Å². The third-order valence-corrected chi connectivity index (χ3v) is 7.09. The van der Waals surface area contributed by atoms with Gasteiger partial charge < -0.3 is 0 Å². The first-order valence-electron chi connectivity index (χ1n) is 7.36. The summed E-state index contributed by atoms with van der Waals surface area (Å²) in [6.07, 6.45) is 5.10. The van der Waals surface area contributed by atoms with Crippen LogP contribution in [-0.2, 0) is 16.6 Å². The highest BCUT2D eigenvalue weighted by Gasteiger charge is 2.32. The number of nitrogens with zero attached hydrogens (tertiary/aromatic N) is 4. The van der Waals surface area contributed by atoms with Gasteiger partial charge in [-0.05, 0) is 38.7 Å². The van der Waals surface area contributed by atoms with Gasteiger partial charge in [-0.15, -0.1) is 11.3 Å². The standard InChI is InChI=1S/C14H20N4O2S2/c1-11-6-14(12(2)21-11)22(19,20)18-5-3-4-13(8-18)7-17-10-15-9-16-17/h6,9-10,13H,3-5,7-8H2,1-2H3/t13-/m0/s1. The van der Waals surface area contributed by atoms with Crippen LogP contribution in [0.2, 0.25) is 0 Å². The molecule has 0 aromatic carbocycles. The molecule has 2 aromatic rings. The Kier molecular flexibility index (Phi) is 4.33. The van der Waals surface area contributed by atoms with E-state index in [4.69, 9.17) is 0 Å². The minimum atomic E-state index is -3.39. The lowest BCUT2D eigenvalue weighted by molar-refractivity contribution is 0.239. The van der Waals surface area contributed by atoms with Gasteiger partial charge in [0.15, 0.2) is 0 Å². The number of piperidine rings is 1. The van der Waals surface area contributed by atoms with Crippen LogP contribution in [0.1, 0.15) is 22.6 Å². The molecule has 3 rings (SSSR count). The van der Waals surface area contributed by atoms with E-state index >= 15 is 0 Å². The molecule has 1 atom stereocenters. The Morgan fingerprint density at radius 3 is 2.86 bits per heavy atom. The fourth-order valence-corrected chi connectivity index (χ4v) is 6.07. The topological polar surface area (TPSA) is 68.1 Å². The van der Waals surface area contributed by atoms with Crippen LogP contribution in [0.15, 0.2) is 23.6 Å². The molecule has 0 spiro atoms. The maximum absolute atomic E-state index is 12.9. The van der Waals surface area contributed by atoms with E-state index in [1.165, 1.54) is 17.7 Å². The second-order valence-electron chi connectivity index (χ2n) is 5.77. The van der Waals surface area contributed by atoms with Gasteiger partial charge in [-0.1, -0.05) is 0 Å². The molecule has 0 radical (unpaired) electrons. The Bertz CT molecular complexity index is 737. The number of sulfonamides is 1. The summed E-state index contributed by atoms with van der Waals surface area (Å²) in [5.41, 5.74) is 0. The average Bonchev–Trinajstić information content (AvgIpc) is 3.09. The molecule has 120 valence electrons. The van der Waals surface area contributed by atoms with Gasteiger partial charge in [-0.25, -0.2) is 13.4 Å². The highest BCUT2D eigenvalue weighted by Crippen LogP contribution is 2.30. The van der Waals surface area contributed by atoms with E-state index in [9.17, 15) is 8.42 Å². The number of hydrogen-bond acceptors (Lipinski definition) is 5. The van der Waals surface area contributed by atoms with Crippen LogP contribution in [0.5, 0.6) is 0 Å². The van der Waals surface area contributed by atoms with Crippen molar-refractivity contribution in [1.82, 2.24) is 19.1 Å². The van der Waals surface area contributed by atoms with E-state index in [0.717, 1.165) is 22.6 Å². The normalized spacial score (nSPS) is 20.4. The maximum atomic E-state index is 12.9. The predicted molar refractivity (Wildman–Crippen MR) is 85.3 cm³/mol. The molecule has 0 N–H and O–H groups in total.